The molecule has 0 unspecified atom stereocenters. The molecule has 7 heteroatoms. The summed E-state index contributed by atoms with van der Waals surface area (Å²) in [5, 5.41) is 15.2. The summed E-state index contributed by atoms with van der Waals surface area (Å²) in [5.41, 5.74) is 4.95. The summed E-state index contributed by atoms with van der Waals surface area (Å²) >= 11 is 0. The number of benzene rings is 2. The van der Waals surface area contributed by atoms with Crippen LogP contribution in [0, 0.1) is 17.0 Å². The predicted molar refractivity (Wildman–Crippen MR) is 88.6 cm³/mol. The van der Waals surface area contributed by atoms with E-state index in [1.54, 1.807) is 0 Å². The van der Waals surface area contributed by atoms with E-state index in [0.717, 1.165) is 11.3 Å². The Kier molecular flexibility index (Phi) is 5.14. The van der Waals surface area contributed by atoms with Gasteiger partial charge in [-0.3, -0.25) is 15.5 Å². The summed E-state index contributed by atoms with van der Waals surface area (Å²) in [6.07, 6.45) is 1.37. The zero-order chi connectivity index (χ0) is 16.8. The number of hydrazone groups is 1. The van der Waals surface area contributed by atoms with Crippen molar-refractivity contribution >= 4 is 17.6 Å². The first-order valence-electron chi connectivity index (χ1n) is 6.81. The summed E-state index contributed by atoms with van der Waals surface area (Å²) in [6, 6.07) is 10.4. The Bertz CT molecular complexity index is 727. The molecule has 1 N–H and O–H groups in total. The van der Waals surface area contributed by atoms with Gasteiger partial charge >= 0.3 is 0 Å². The second-order valence-electron chi connectivity index (χ2n) is 4.76. The number of nitro benzene ring substituents is 1. The molecule has 0 aliphatic heterocycles. The number of nitrogens with one attached hydrogen (secondary N) is 1. The lowest BCUT2D eigenvalue weighted by molar-refractivity contribution is -0.385. The van der Waals surface area contributed by atoms with E-state index < -0.39 is 4.92 Å². The first-order valence-corrected chi connectivity index (χ1v) is 6.81. The fourth-order valence-corrected chi connectivity index (χ4v) is 1.95. The molecule has 0 saturated heterocycles. The number of nitro groups is 1. The quantitative estimate of drug-likeness (QED) is 0.502. The molecule has 0 aliphatic rings. The van der Waals surface area contributed by atoms with Crippen molar-refractivity contribution in [1.82, 2.24) is 0 Å². The molecule has 0 spiro atoms. The van der Waals surface area contributed by atoms with Crippen molar-refractivity contribution in [2.45, 2.75) is 6.92 Å². The first-order chi connectivity index (χ1) is 11.0. The number of hydrogen-bond donors (Lipinski definition) is 1. The standard InChI is InChI=1S/C16H17N3O4/c1-11-4-6-13(7-5-11)18-17-10-12-8-15(22-2)16(23-3)9-14(12)19(20)21/h4-10,18H,1-3H3. The molecule has 2 rings (SSSR count). The summed E-state index contributed by atoms with van der Waals surface area (Å²) in [7, 11) is 2.89. The second kappa shape index (κ2) is 7.26. The molecule has 2 aromatic rings. The zero-order valence-electron chi connectivity index (χ0n) is 13.1. The molecule has 0 heterocycles. The van der Waals surface area contributed by atoms with Crippen molar-refractivity contribution < 1.29 is 14.4 Å². The van der Waals surface area contributed by atoms with E-state index in [1.165, 1.54) is 32.6 Å². The Morgan fingerprint density at radius 1 is 1.13 bits per heavy atom. The van der Waals surface area contributed by atoms with Crippen LogP contribution in [0.3, 0.4) is 0 Å². The van der Waals surface area contributed by atoms with Gasteiger partial charge in [-0.25, -0.2) is 0 Å². The lowest BCUT2D eigenvalue weighted by Crippen LogP contribution is -2.00. The van der Waals surface area contributed by atoms with Crippen molar-refractivity contribution in [3.05, 3.63) is 57.6 Å². The molecule has 120 valence electrons. The molecule has 0 aliphatic carbocycles. The highest BCUT2D eigenvalue weighted by Crippen LogP contribution is 2.33. The van der Waals surface area contributed by atoms with Crippen LogP contribution in [0.2, 0.25) is 0 Å². The first kappa shape index (κ1) is 16.3. The molecular weight excluding hydrogens is 298 g/mol. The number of methoxy groups -OCH3 is 2. The minimum absolute atomic E-state index is 0.114. The third-order valence-corrected chi connectivity index (χ3v) is 3.18. The van der Waals surface area contributed by atoms with Crippen LogP contribution in [-0.2, 0) is 0 Å². The van der Waals surface area contributed by atoms with Gasteiger partial charge in [0.25, 0.3) is 5.69 Å². The SMILES string of the molecule is COc1cc(C=NNc2ccc(C)cc2)c([N+](=O)[O-])cc1OC. The van der Waals surface area contributed by atoms with Gasteiger partial charge in [0, 0.05) is 0 Å². The highest BCUT2D eigenvalue weighted by Gasteiger charge is 2.18. The number of aryl methyl sites for hydroxylation is 1. The Labute approximate surface area is 133 Å². The van der Waals surface area contributed by atoms with E-state index in [9.17, 15) is 10.1 Å². The lowest BCUT2D eigenvalue weighted by Gasteiger charge is -2.08. The number of hydrogen-bond acceptors (Lipinski definition) is 6. The maximum absolute atomic E-state index is 11.2. The fourth-order valence-electron chi connectivity index (χ4n) is 1.95. The van der Waals surface area contributed by atoms with E-state index in [4.69, 9.17) is 9.47 Å². The van der Waals surface area contributed by atoms with Crippen LogP contribution in [0.25, 0.3) is 0 Å². The minimum atomic E-state index is -0.491. The molecule has 0 aromatic heterocycles. The van der Waals surface area contributed by atoms with Crippen LogP contribution >= 0.6 is 0 Å². The molecule has 0 fully saturated rings. The maximum Gasteiger partial charge on any atom is 0.282 e. The molecule has 0 radical (unpaired) electrons. The molecule has 0 atom stereocenters. The van der Waals surface area contributed by atoms with Gasteiger partial charge in [-0.15, -0.1) is 0 Å². The van der Waals surface area contributed by atoms with Gasteiger partial charge in [0.2, 0.25) is 0 Å². The molecule has 7 nitrogen and oxygen atoms in total. The molecule has 23 heavy (non-hydrogen) atoms. The number of rotatable bonds is 6. The van der Waals surface area contributed by atoms with E-state index >= 15 is 0 Å². The fraction of sp³-hybridized carbons (Fsp3) is 0.188. The number of ether oxygens (including phenoxy) is 2. The normalized spacial score (nSPS) is 10.6. The van der Waals surface area contributed by atoms with Gasteiger partial charge in [-0.05, 0) is 25.1 Å². The lowest BCUT2D eigenvalue weighted by atomic mass is 10.1. The van der Waals surface area contributed by atoms with Crippen molar-refractivity contribution in [1.29, 1.82) is 0 Å². The van der Waals surface area contributed by atoms with Gasteiger partial charge in [0.05, 0.1) is 42.7 Å². The van der Waals surface area contributed by atoms with E-state index in [2.05, 4.69) is 10.5 Å². The largest absolute Gasteiger partial charge is 0.493 e. The molecule has 2 aromatic carbocycles. The Morgan fingerprint density at radius 2 is 1.74 bits per heavy atom. The van der Waals surface area contributed by atoms with Crippen LogP contribution in [0.4, 0.5) is 11.4 Å². The zero-order valence-corrected chi connectivity index (χ0v) is 13.1. The highest BCUT2D eigenvalue weighted by atomic mass is 16.6. The second-order valence-corrected chi connectivity index (χ2v) is 4.76. The smallest absolute Gasteiger partial charge is 0.282 e. The average Bonchev–Trinajstić information content (AvgIpc) is 2.55. The average molecular weight is 315 g/mol. The van der Waals surface area contributed by atoms with Crippen LogP contribution in [0.1, 0.15) is 11.1 Å². The number of anilines is 1. The molecule has 0 bridgehead atoms. The maximum atomic E-state index is 11.2. The predicted octanol–water partition coefficient (Wildman–Crippen LogP) is 3.37. The van der Waals surface area contributed by atoms with Gasteiger partial charge in [0.1, 0.15) is 0 Å². The van der Waals surface area contributed by atoms with Crippen LogP contribution in [0.5, 0.6) is 11.5 Å². The van der Waals surface area contributed by atoms with E-state index in [-0.39, 0.29) is 5.69 Å². The number of nitrogens with zero attached hydrogens (tertiary/aromatic N) is 2. The summed E-state index contributed by atoms with van der Waals surface area (Å²) in [4.78, 5) is 10.7. The van der Waals surface area contributed by atoms with Gasteiger partial charge in [-0.2, -0.15) is 5.10 Å². The Morgan fingerprint density at radius 3 is 2.30 bits per heavy atom. The van der Waals surface area contributed by atoms with Gasteiger partial charge in [0.15, 0.2) is 11.5 Å². The summed E-state index contributed by atoms with van der Waals surface area (Å²) in [5.74, 6) is 0.692. The molecular formula is C16H17N3O4. The van der Waals surface area contributed by atoms with Crippen LogP contribution < -0.4 is 14.9 Å². The van der Waals surface area contributed by atoms with Crippen molar-refractivity contribution in [3.63, 3.8) is 0 Å². The van der Waals surface area contributed by atoms with E-state index in [1.807, 2.05) is 31.2 Å². The topological polar surface area (TPSA) is 86.0 Å². The summed E-state index contributed by atoms with van der Waals surface area (Å²) in [6.45, 7) is 1.99. The van der Waals surface area contributed by atoms with Crippen molar-refractivity contribution in [3.8, 4) is 11.5 Å². The van der Waals surface area contributed by atoms with Gasteiger partial charge < -0.3 is 9.47 Å². The van der Waals surface area contributed by atoms with Crippen molar-refractivity contribution in [2.75, 3.05) is 19.6 Å². The highest BCUT2D eigenvalue weighted by molar-refractivity contribution is 5.87. The Hall–Kier alpha value is -3.09. The Balaban J connectivity index is 2.28. The monoisotopic (exact) mass is 315 g/mol. The third kappa shape index (κ3) is 3.97. The third-order valence-electron chi connectivity index (χ3n) is 3.18. The van der Waals surface area contributed by atoms with Crippen LogP contribution in [0.15, 0.2) is 41.5 Å². The minimum Gasteiger partial charge on any atom is -0.493 e. The van der Waals surface area contributed by atoms with Crippen LogP contribution in [-0.4, -0.2) is 25.4 Å². The van der Waals surface area contributed by atoms with Crippen molar-refractivity contribution in [2.24, 2.45) is 5.10 Å². The van der Waals surface area contributed by atoms with E-state index in [0.29, 0.717) is 17.1 Å². The van der Waals surface area contributed by atoms with Gasteiger partial charge in [-0.1, -0.05) is 17.7 Å². The summed E-state index contributed by atoms with van der Waals surface area (Å²) < 4.78 is 10.2. The molecule has 0 saturated carbocycles. The molecule has 0 amide bonds.